The fourth-order valence-electron chi connectivity index (χ4n) is 3.72. The van der Waals surface area contributed by atoms with Crippen LogP contribution >= 0.6 is 0 Å². The van der Waals surface area contributed by atoms with Crippen molar-refractivity contribution in [2.24, 2.45) is 0 Å². The molecule has 0 N–H and O–H groups in total. The molecule has 0 aliphatic heterocycles. The number of hydrogen-bond acceptors (Lipinski definition) is 0. The smallest absolute Gasteiger partial charge is 1.00 e. The molecule has 0 amide bonds. The Kier molecular flexibility index (Phi) is 9.82. The molecule has 0 unspecified atom stereocenters. The molecule has 152 valence electrons. The molecule has 0 aliphatic carbocycles. The second kappa shape index (κ2) is 11.1. The Labute approximate surface area is 210 Å². The number of nitrogens with zero attached hydrogens (tertiary/aromatic N) is 1. The summed E-state index contributed by atoms with van der Waals surface area (Å²) in [6.45, 7) is 8.65. The van der Waals surface area contributed by atoms with Crippen molar-refractivity contribution in [1.82, 2.24) is 4.57 Å². The molecule has 0 atom stereocenters. The predicted molar refractivity (Wildman–Crippen MR) is 117 cm³/mol. The van der Waals surface area contributed by atoms with Crippen molar-refractivity contribution in [3.05, 3.63) is 101 Å². The van der Waals surface area contributed by atoms with E-state index in [9.17, 15) is 0 Å². The molecule has 1 aromatic heterocycles. The minimum Gasteiger partial charge on any atom is -1.00 e. The molecule has 5 aromatic rings. The van der Waals surface area contributed by atoms with E-state index in [0.717, 1.165) is 0 Å². The SMILES string of the molecule is Cc1c(C)n(-c2cc3ccccc3[cH-]2)c2ccccc12.Cc1ccc[c-]1C.[Cl-].[Cl-].[Zr+4]. The van der Waals surface area contributed by atoms with Gasteiger partial charge in [0.2, 0.25) is 0 Å². The van der Waals surface area contributed by atoms with Gasteiger partial charge in [0.1, 0.15) is 0 Å². The predicted octanol–water partition coefficient (Wildman–Crippen LogP) is 1.15. The Morgan fingerprint density at radius 1 is 0.833 bits per heavy atom. The van der Waals surface area contributed by atoms with Gasteiger partial charge in [-0.05, 0) is 31.2 Å². The van der Waals surface area contributed by atoms with Gasteiger partial charge in [0.25, 0.3) is 0 Å². The van der Waals surface area contributed by atoms with Crippen LogP contribution in [-0.2, 0) is 26.2 Å². The number of aryl methyl sites for hydroxylation is 3. The van der Waals surface area contributed by atoms with Crippen LogP contribution in [-0.4, -0.2) is 4.57 Å². The third-order valence-electron chi connectivity index (χ3n) is 5.60. The minimum absolute atomic E-state index is 0. The summed E-state index contributed by atoms with van der Waals surface area (Å²) >= 11 is 0. The Bertz CT molecular complexity index is 1180. The van der Waals surface area contributed by atoms with Crippen LogP contribution in [0.2, 0.25) is 0 Å². The zero-order chi connectivity index (χ0) is 19.0. The van der Waals surface area contributed by atoms with Crippen molar-refractivity contribution < 1.29 is 51.0 Å². The van der Waals surface area contributed by atoms with Gasteiger partial charge in [-0.25, -0.2) is 12.1 Å². The van der Waals surface area contributed by atoms with E-state index < -0.39 is 0 Å². The summed E-state index contributed by atoms with van der Waals surface area (Å²) in [4.78, 5) is 0. The van der Waals surface area contributed by atoms with Crippen LogP contribution in [0.5, 0.6) is 0 Å². The zero-order valence-corrected chi connectivity index (χ0v) is 21.7. The van der Waals surface area contributed by atoms with Gasteiger partial charge in [0.15, 0.2) is 0 Å². The normalized spacial score (nSPS) is 9.87. The monoisotopic (exact) mass is 511 g/mol. The first-order valence-electron chi connectivity index (χ1n) is 9.47. The summed E-state index contributed by atoms with van der Waals surface area (Å²) in [7, 11) is 0. The topological polar surface area (TPSA) is 4.93 Å². The van der Waals surface area contributed by atoms with Crippen molar-refractivity contribution in [2.75, 3.05) is 0 Å². The molecular formula is C26H25Cl2NZr. The van der Waals surface area contributed by atoms with E-state index in [1.165, 1.54) is 49.7 Å². The Morgan fingerprint density at radius 2 is 1.50 bits per heavy atom. The van der Waals surface area contributed by atoms with Crippen LogP contribution in [0, 0.1) is 27.7 Å². The van der Waals surface area contributed by atoms with Crippen molar-refractivity contribution in [1.29, 1.82) is 0 Å². The maximum atomic E-state index is 2.37. The third-order valence-corrected chi connectivity index (χ3v) is 5.60. The van der Waals surface area contributed by atoms with Crippen LogP contribution < -0.4 is 24.8 Å². The molecule has 0 fully saturated rings. The zero-order valence-electron chi connectivity index (χ0n) is 17.7. The molecule has 4 aromatic carbocycles. The molecule has 0 aliphatic rings. The average molecular weight is 514 g/mol. The summed E-state index contributed by atoms with van der Waals surface area (Å²) < 4.78 is 2.37. The van der Waals surface area contributed by atoms with Crippen LogP contribution in [0.25, 0.3) is 27.4 Å². The Hall–Kier alpha value is -1.60. The van der Waals surface area contributed by atoms with E-state index in [4.69, 9.17) is 0 Å². The number of benzene rings is 2. The van der Waals surface area contributed by atoms with E-state index in [2.05, 4.69) is 111 Å². The van der Waals surface area contributed by atoms with Crippen LogP contribution in [0.4, 0.5) is 0 Å². The molecule has 30 heavy (non-hydrogen) atoms. The first-order valence-corrected chi connectivity index (χ1v) is 9.47. The van der Waals surface area contributed by atoms with Gasteiger partial charge in [-0.3, -0.25) is 0 Å². The van der Waals surface area contributed by atoms with E-state index in [1.807, 2.05) is 0 Å². The van der Waals surface area contributed by atoms with Crippen molar-refractivity contribution in [3.8, 4) is 5.69 Å². The summed E-state index contributed by atoms with van der Waals surface area (Å²) in [6.07, 6.45) is 0. The van der Waals surface area contributed by atoms with Crippen LogP contribution in [0.15, 0.2) is 78.9 Å². The second-order valence-electron chi connectivity index (χ2n) is 7.30. The molecular weight excluding hydrogens is 488 g/mol. The maximum absolute atomic E-state index is 2.37. The number of fused-ring (bicyclic) bond motifs is 2. The first kappa shape index (κ1) is 26.4. The number of para-hydroxylation sites is 1. The van der Waals surface area contributed by atoms with Crippen molar-refractivity contribution >= 4 is 21.7 Å². The van der Waals surface area contributed by atoms with Crippen molar-refractivity contribution in [2.45, 2.75) is 27.7 Å². The van der Waals surface area contributed by atoms with Gasteiger partial charge in [-0.2, -0.15) is 17.2 Å². The standard InChI is InChI=1S/C19H16N.C7H9.2ClH.Zr/c1-13-14(2)20(19-10-6-5-9-18(13)19)17-11-15-7-3-4-8-16(15)12-17;1-6-4-3-5-7(6)2;;;/h3-12H,1-2H3;3-5H,1-2H3;2*1H;/q2*-1;;;+4/p-2. The van der Waals surface area contributed by atoms with Crippen LogP contribution in [0.1, 0.15) is 22.4 Å². The summed E-state index contributed by atoms with van der Waals surface area (Å²) in [5, 5.41) is 3.95. The largest absolute Gasteiger partial charge is 4.00 e. The number of rotatable bonds is 1. The van der Waals surface area contributed by atoms with Gasteiger partial charge in [0, 0.05) is 11.1 Å². The molecule has 5 rings (SSSR count). The molecule has 4 heteroatoms. The summed E-state index contributed by atoms with van der Waals surface area (Å²) in [5.74, 6) is 0. The summed E-state index contributed by atoms with van der Waals surface area (Å²) in [5.41, 5.74) is 8.01. The van der Waals surface area contributed by atoms with Gasteiger partial charge in [0.05, 0.1) is 5.52 Å². The molecule has 0 bridgehead atoms. The maximum Gasteiger partial charge on any atom is 4.00 e. The Morgan fingerprint density at radius 3 is 2.10 bits per heavy atom. The fourth-order valence-corrected chi connectivity index (χ4v) is 3.72. The third kappa shape index (κ3) is 5.00. The molecule has 0 spiro atoms. The molecule has 1 heterocycles. The molecule has 1 nitrogen and oxygen atoms in total. The van der Waals surface area contributed by atoms with Gasteiger partial charge >= 0.3 is 26.2 Å². The van der Waals surface area contributed by atoms with Gasteiger partial charge in [-0.15, -0.1) is 41.1 Å². The van der Waals surface area contributed by atoms with Crippen LogP contribution in [0.3, 0.4) is 0 Å². The van der Waals surface area contributed by atoms with E-state index >= 15 is 0 Å². The second-order valence-corrected chi connectivity index (χ2v) is 7.30. The van der Waals surface area contributed by atoms with Gasteiger partial charge in [-0.1, -0.05) is 38.1 Å². The average Bonchev–Trinajstić information content (AvgIpc) is 3.34. The van der Waals surface area contributed by atoms with E-state index in [0.29, 0.717) is 0 Å². The molecule has 0 radical (unpaired) electrons. The van der Waals surface area contributed by atoms with E-state index in [-0.39, 0.29) is 51.0 Å². The summed E-state index contributed by atoms with van der Waals surface area (Å²) in [6, 6.07) is 28.0. The van der Waals surface area contributed by atoms with Crippen molar-refractivity contribution in [3.63, 3.8) is 0 Å². The molecule has 0 saturated heterocycles. The number of hydrogen-bond donors (Lipinski definition) is 0. The minimum atomic E-state index is 0. The Balaban J connectivity index is 0.000000391. The quantitative estimate of drug-likeness (QED) is 0.297. The van der Waals surface area contributed by atoms with E-state index in [1.54, 1.807) is 0 Å². The molecule has 0 saturated carbocycles. The number of halogens is 2. The number of aromatic nitrogens is 1. The van der Waals surface area contributed by atoms with Gasteiger partial charge < -0.3 is 29.4 Å². The first-order chi connectivity index (χ1) is 13.1. The fraction of sp³-hybridized carbons (Fsp3) is 0.154.